The molecular weight excluding hydrogens is 182 g/mol. The lowest BCUT2D eigenvalue weighted by atomic mass is 9.76. The number of pyridine rings is 1. The highest BCUT2D eigenvalue weighted by molar-refractivity contribution is 5.21. The van der Waals surface area contributed by atoms with Gasteiger partial charge in [-0.25, -0.2) is 0 Å². The molecule has 0 aliphatic heterocycles. The van der Waals surface area contributed by atoms with Gasteiger partial charge in [-0.05, 0) is 48.6 Å². The Hall–Kier alpha value is -0.850. The van der Waals surface area contributed by atoms with Crippen LogP contribution in [0.5, 0.6) is 0 Å². The topological polar surface area (TPSA) is 12.9 Å². The summed E-state index contributed by atoms with van der Waals surface area (Å²) in [5.74, 6) is 0.786. The molecule has 1 aromatic heterocycles. The second kappa shape index (κ2) is 3.96. The molecule has 1 aliphatic carbocycles. The molecule has 0 aromatic carbocycles. The van der Waals surface area contributed by atoms with Crippen LogP contribution in [0.25, 0.3) is 0 Å². The van der Waals surface area contributed by atoms with Gasteiger partial charge in [-0.1, -0.05) is 26.8 Å². The number of hydrogen-bond donors (Lipinski definition) is 0. The third-order valence-corrected chi connectivity index (χ3v) is 3.65. The minimum Gasteiger partial charge on any atom is -0.261 e. The van der Waals surface area contributed by atoms with Gasteiger partial charge in [0, 0.05) is 11.9 Å². The Balaban J connectivity index is 2.25. The summed E-state index contributed by atoms with van der Waals surface area (Å²) >= 11 is 0. The fraction of sp³-hybridized carbons (Fsp3) is 0.643. The summed E-state index contributed by atoms with van der Waals surface area (Å²) in [5, 5.41) is 0. The Morgan fingerprint density at radius 3 is 2.87 bits per heavy atom. The van der Waals surface area contributed by atoms with Crippen LogP contribution in [0.3, 0.4) is 0 Å². The molecule has 2 rings (SSSR count). The highest BCUT2D eigenvalue weighted by Crippen LogP contribution is 2.35. The van der Waals surface area contributed by atoms with Gasteiger partial charge < -0.3 is 0 Å². The maximum Gasteiger partial charge on any atom is 0.0438 e. The molecule has 0 amide bonds. The van der Waals surface area contributed by atoms with Crippen LogP contribution in [0, 0.1) is 11.3 Å². The summed E-state index contributed by atoms with van der Waals surface area (Å²) in [5.41, 5.74) is 3.23. The molecule has 0 fully saturated rings. The van der Waals surface area contributed by atoms with Crippen LogP contribution in [0.4, 0.5) is 0 Å². The van der Waals surface area contributed by atoms with Gasteiger partial charge in [0.1, 0.15) is 0 Å². The van der Waals surface area contributed by atoms with Gasteiger partial charge in [0.15, 0.2) is 0 Å². The molecule has 1 nitrogen and oxygen atoms in total. The van der Waals surface area contributed by atoms with E-state index in [0.29, 0.717) is 5.41 Å². The number of hydrogen-bond acceptors (Lipinski definition) is 1. The summed E-state index contributed by atoms with van der Waals surface area (Å²) < 4.78 is 0. The normalized spacial score (nSPS) is 21.9. The molecule has 1 aliphatic rings. The quantitative estimate of drug-likeness (QED) is 0.587. The van der Waals surface area contributed by atoms with Crippen LogP contribution in [0.2, 0.25) is 0 Å². The molecular formula is C14H21N. The fourth-order valence-electron chi connectivity index (χ4n) is 2.50. The third kappa shape index (κ3) is 2.39. The zero-order valence-electron chi connectivity index (χ0n) is 10.1. The molecule has 0 spiro atoms. The molecule has 0 bridgehead atoms. The molecule has 0 N–H and O–H groups in total. The zero-order valence-corrected chi connectivity index (χ0v) is 10.1. The van der Waals surface area contributed by atoms with Gasteiger partial charge in [-0.2, -0.15) is 0 Å². The second-order valence-corrected chi connectivity index (χ2v) is 5.77. The largest absolute Gasteiger partial charge is 0.261 e. The van der Waals surface area contributed by atoms with Gasteiger partial charge >= 0.3 is 0 Å². The minimum absolute atomic E-state index is 0.416. The predicted molar refractivity (Wildman–Crippen MR) is 63.8 cm³/mol. The van der Waals surface area contributed by atoms with Crippen molar-refractivity contribution in [3.8, 4) is 0 Å². The third-order valence-electron chi connectivity index (χ3n) is 3.65. The maximum absolute atomic E-state index is 4.54. The van der Waals surface area contributed by atoms with Crippen LogP contribution >= 0.6 is 0 Å². The summed E-state index contributed by atoms with van der Waals surface area (Å²) in [6, 6.07) is 4.31. The number of aromatic nitrogens is 1. The first kappa shape index (κ1) is 10.7. The van der Waals surface area contributed by atoms with Crippen molar-refractivity contribution in [1.82, 2.24) is 4.98 Å². The number of fused-ring (bicyclic) bond motifs is 1. The molecule has 0 radical (unpaired) electrons. The molecule has 1 atom stereocenters. The fourth-order valence-corrected chi connectivity index (χ4v) is 2.50. The summed E-state index contributed by atoms with van der Waals surface area (Å²) in [4.78, 5) is 4.54. The Labute approximate surface area is 92.9 Å². The lowest BCUT2D eigenvalue weighted by Crippen LogP contribution is -2.22. The Kier molecular flexibility index (Phi) is 2.81. The van der Waals surface area contributed by atoms with E-state index in [1.165, 1.54) is 36.9 Å². The van der Waals surface area contributed by atoms with Gasteiger partial charge in [-0.15, -0.1) is 0 Å². The lowest BCUT2D eigenvalue weighted by molar-refractivity contribution is 0.223. The second-order valence-electron chi connectivity index (χ2n) is 5.77. The Morgan fingerprint density at radius 1 is 1.33 bits per heavy atom. The van der Waals surface area contributed by atoms with E-state index in [9.17, 15) is 0 Å². The summed E-state index contributed by atoms with van der Waals surface area (Å²) in [6.45, 7) is 7.06. The van der Waals surface area contributed by atoms with E-state index in [1.807, 2.05) is 6.20 Å². The monoisotopic (exact) mass is 203 g/mol. The van der Waals surface area contributed by atoms with Gasteiger partial charge in [0.2, 0.25) is 0 Å². The van der Waals surface area contributed by atoms with Crippen LogP contribution in [-0.4, -0.2) is 4.98 Å². The van der Waals surface area contributed by atoms with Crippen molar-refractivity contribution in [2.45, 2.75) is 46.5 Å². The van der Waals surface area contributed by atoms with Crippen LogP contribution in [0.15, 0.2) is 18.3 Å². The predicted octanol–water partition coefficient (Wildman–Crippen LogP) is 3.62. The number of nitrogens with zero attached hydrogens (tertiary/aromatic N) is 1. The van der Waals surface area contributed by atoms with Crippen molar-refractivity contribution >= 4 is 0 Å². The average Bonchev–Trinajstić information content (AvgIpc) is 2.38. The van der Waals surface area contributed by atoms with Crippen LogP contribution in [-0.2, 0) is 12.8 Å². The van der Waals surface area contributed by atoms with Gasteiger partial charge in [0.25, 0.3) is 0 Å². The Bertz CT molecular complexity index is 335. The minimum atomic E-state index is 0.416. The molecule has 1 heteroatoms. The van der Waals surface area contributed by atoms with Crippen LogP contribution in [0.1, 0.15) is 44.9 Å². The first-order chi connectivity index (χ1) is 7.07. The van der Waals surface area contributed by atoms with E-state index in [-0.39, 0.29) is 0 Å². The highest BCUT2D eigenvalue weighted by atomic mass is 14.7. The summed E-state index contributed by atoms with van der Waals surface area (Å²) in [7, 11) is 0. The zero-order chi connectivity index (χ0) is 10.9. The van der Waals surface area contributed by atoms with Crippen molar-refractivity contribution in [2.24, 2.45) is 11.3 Å². The van der Waals surface area contributed by atoms with E-state index < -0.39 is 0 Å². The average molecular weight is 203 g/mol. The van der Waals surface area contributed by atoms with E-state index >= 15 is 0 Å². The first-order valence-electron chi connectivity index (χ1n) is 6.00. The van der Waals surface area contributed by atoms with Crippen molar-refractivity contribution in [3.05, 3.63) is 29.6 Å². The Morgan fingerprint density at radius 2 is 2.13 bits per heavy atom. The molecule has 1 aromatic rings. The number of aryl methyl sites for hydroxylation is 1. The molecule has 1 heterocycles. The van der Waals surface area contributed by atoms with E-state index in [0.717, 1.165) is 5.92 Å². The van der Waals surface area contributed by atoms with Crippen molar-refractivity contribution in [2.75, 3.05) is 0 Å². The summed E-state index contributed by atoms with van der Waals surface area (Å²) in [6.07, 6.45) is 6.99. The molecule has 0 saturated carbocycles. The van der Waals surface area contributed by atoms with E-state index in [4.69, 9.17) is 0 Å². The molecule has 1 unspecified atom stereocenters. The van der Waals surface area contributed by atoms with Crippen molar-refractivity contribution in [3.63, 3.8) is 0 Å². The number of rotatable bonds is 0. The van der Waals surface area contributed by atoms with Gasteiger partial charge in [-0.3, -0.25) is 4.98 Å². The first-order valence-corrected chi connectivity index (χ1v) is 6.00. The highest BCUT2D eigenvalue weighted by Gasteiger charge is 2.27. The van der Waals surface area contributed by atoms with E-state index in [2.05, 4.69) is 37.9 Å². The molecule has 15 heavy (non-hydrogen) atoms. The van der Waals surface area contributed by atoms with Crippen LogP contribution < -0.4 is 0 Å². The van der Waals surface area contributed by atoms with E-state index in [1.54, 1.807) is 0 Å². The molecule has 0 saturated heterocycles. The molecule has 82 valence electrons. The smallest absolute Gasteiger partial charge is 0.0438 e. The lowest BCUT2D eigenvalue weighted by Gasteiger charge is -2.29. The SMILES string of the molecule is CC(C)(C)C1CCCc2cccnc2C1. The maximum atomic E-state index is 4.54. The van der Waals surface area contributed by atoms with Gasteiger partial charge in [0.05, 0.1) is 0 Å². The van der Waals surface area contributed by atoms with Crippen molar-refractivity contribution in [1.29, 1.82) is 0 Å². The standard InChI is InChI=1S/C14H21N/c1-14(2,3)12-8-4-6-11-7-5-9-15-13(11)10-12/h5,7,9,12H,4,6,8,10H2,1-3H3. The van der Waals surface area contributed by atoms with Crippen molar-refractivity contribution < 1.29 is 0 Å².